The molecule has 1 aromatic heterocycles. The minimum atomic E-state index is -0.136. The lowest BCUT2D eigenvalue weighted by Crippen LogP contribution is -2.26. The van der Waals surface area contributed by atoms with Gasteiger partial charge >= 0.3 is 0 Å². The minimum absolute atomic E-state index is 0.136. The molecule has 1 aliphatic rings. The average Bonchev–Trinajstić information content (AvgIpc) is 2.71. The van der Waals surface area contributed by atoms with Gasteiger partial charge in [0.15, 0.2) is 0 Å². The van der Waals surface area contributed by atoms with Crippen LogP contribution in [0.4, 0.5) is 0 Å². The molecule has 0 N–H and O–H groups in total. The fraction of sp³-hybridized carbons (Fsp3) is 0.769. The summed E-state index contributed by atoms with van der Waals surface area (Å²) >= 11 is 1.78. The summed E-state index contributed by atoms with van der Waals surface area (Å²) in [6.07, 6.45) is 12.1. The molecule has 1 aliphatic carbocycles. The van der Waals surface area contributed by atoms with Gasteiger partial charge in [-0.15, -0.1) is 11.3 Å². The Morgan fingerprint density at radius 3 is 2.19 bits per heavy atom. The second-order valence-electron chi connectivity index (χ2n) is 5.05. The predicted octanol–water partition coefficient (Wildman–Crippen LogP) is 3.95. The van der Waals surface area contributed by atoms with Crippen molar-refractivity contribution >= 4 is 19.2 Å². The van der Waals surface area contributed by atoms with E-state index >= 15 is 0 Å². The maximum atomic E-state index is 6.58. The van der Waals surface area contributed by atoms with E-state index in [2.05, 4.69) is 11.9 Å². The van der Waals surface area contributed by atoms with Gasteiger partial charge in [-0.3, -0.25) is 0 Å². The average molecular weight is 233 g/mol. The van der Waals surface area contributed by atoms with E-state index in [0.29, 0.717) is 0 Å². The summed E-state index contributed by atoms with van der Waals surface area (Å²) in [5, 5.41) is 1.02. The van der Waals surface area contributed by atoms with Crippen LogP contribution in [-0.4, -0.2) is 12.8 Å². The highest BCUT2D eigenvalue weighted by molar-refractivity contribution is 7.11. The van der Waals surface area contributed by atoms with Gasteiger partial charge in [0.2, 0.25) is 0 Å². The van der Waals surface area contributed by atoms with Gasteiger partial charge in [0.1, 0.15) is 0 Å². The van der Waals surface area contributed by atoms with Crippen molar-refractivity contribution in [3.63, 3.8) is 0 Å². The zero-order valence-electron chi connectivity index (χ0n) is 10.2. The molecule has 1 fully saturated rings. The second kappa shape index (κ2) is 5.35. The Morgan fingerprint density at radius 2 is 1.69 bits per heavy atom. The molecule has 0 atom stereocenters. The Labute approximate surface area is 104 Å². The van der Waals surface area contributed by atoms with Crippen molar-refractivity contribution in [2.24, 2.45) is 0 Å². The molecule has 16 heavy (non-hydrogen) atoms. The van der Waals surface area contributed by atoms with Crippen LogP contribution < -0.4 is 0 Å². The van der Waals surface area contributed by atoms with Gasteiger partial charge in [-0.1, -0.05) is 38.5 Å². The van der Waals surface area contributed by atoms with E-state index in [1.165, 1.54) is 43.4 Å². The smallest absolute Gasteiger partial charge is 0.0901 e. The first-order valence-electron chi connectivity index (χ1n) is 6.42. The van der Waals surface area contributed by atoms with Gasteiger partial charge in [-0.05, 0) is 25.1 Å². The van der Waals surface area contributed by atoms with Crippen molar-refractivity contribution < 1.29 is 0 Å². The van der Waals surface area contributed by atoms with E-state index in [-0.39, 0.29) is 5.31 Å². The third-order valence-electron chi connectivity index (χ3n) is 3.54. The molecule has 0 spiro atoms. The highest BCUT2D eigenvalue weighted by Gasteiger charge is 2.28. The van der Waals surface area contributed by atoms with Crippen molar-refractivity contribution in [1.82, 2.24) is 4.98 Å². The molecule has 0 aliphatic heterocycles. The van der Waals surface area contributed by atoms with Gasteiger partial charge in [0, 0.05) is 11.1 Å². The van der Waals surface area contributed by atoms with Gasteiger partial charge in [0.05, 0.1) is 12.9 Å². The Bertz CT molecular complexity index is 324. The van der Waals surface area contributed by atoms with Crippen LogP contribution in [0.15, 0.2) is 6.20 Å². The molecule has 0 saturated heterocycles. The van der Waals surface area contributed by atoms with Crippen LogP contribution in [0.3, 0.4) is 0 Å². The summed E-state index contributed by atoms with van der Waals surface area (Å²) in [6.45, 7) is 2.11. The highest BCUT2D eigenvalue weighted by atomic mass is 32.1. The van der Waals surface area contributed by atoms with Crippen molar-refractivity contribution in [2.75, 3.05) is 0 Å². The zero-order chi connectivity index (χ0) is 11.4. The predicted molar refractivity (Wildman–Crippen MR) is 71.2 cm³/mol. The van der Waals surface area contributed by atoms with Gasteiger partial charge in [0.25, 0.3) is 0 Å². The molecular formula is C13H20BNS. The van der Waals surface area contributed by atoms with Gasteiger partial charge in [-0.25, -0.2) is 4.98 Å². The first kappa shape index (κ1) is 12.2. The lowest BCUT2D eigenvalue weighted by atomic mass is 9.63. The van der Waals surface area contributed by atoms with Crippen LogP contribution in [-0.2, 0) is 5.31 Å². The number of thiazole rings is 1. The normalized spacial score (nSPS) is 22.1. The molecule has 1 aromatic rings. The van der Waals surface area contributed by atoms with Crippen LogP contribution in [0.2, 0.25) is 0 Å². The summed E-state index contributed by atoms with van der Waals surface area (Å²) in [7, 11) is 6.58. The van der Waals surface area contributed by atoms with E-state index in [0.717, 1.165) is 17.8 Å². The van der Waals surface area contributed by atoms with E-state index in [1.54, 1.807) is 11.3 Å². The fourth-order valence-electron chi connectivity index (χ4n) is 2.51. The molecule has 1 heterocycles. The number of hydrogen-bond donors (Lipinski definition) is 0. The fourth-order valence-corrected chi connectivity index (χ4v) is 3.43. The van der Waals surface area contributed by atoms with Crippen LogP contribution in [0.5, 0.6) is 0 Å². The topological polar surface area (TPSA) is 12.9 Å². The summed E-state index contributed by atoms with van der Waals surface area (Å²) in [4.78, 5) is 5.79. The van der Waals surface area contributed by atoms with E-state index in [9.17, 15) is 0 Å². The molecule has 86 valence electrons. The van der Waals surface area contributed by atoms with E-state index < -0.39 is 0 Å². The lowest BCUT2D eigenvalue weighted by molar-refractivity contribution is 0.479. The number of nitrogens with zero attached hydrogens (tertiary/aromatic N) is 1. The molecule has 2 radical (unpaired) electrons. The number of rotatable bonds is 1. The third-order valence-corrected chi connectivity index (χ3v) is 4.68. The maximum absolute atomic E-state index is 6.58. The van der Waals surface area contributed by atoms with Crippen molar-refractivity contribution in [3.05, 3.63) is 16.1 Å². The van der Waals surface area contributed by atoms with Gasteiger partial charge < -0.3 is 0 Å². The molecule has 0 amide bonds. The Morgan fingerprint density at radius 1 is 1.12 bits per heavy atom. The van der Waals surface area contributed by atoms with E-state index in [1.807, 2.05) is 6.20 Å². The third kappa shape index (κ3) is 2.88. The molecule has 0 aromatic carbocycles. The summed E-state index contributed by atoms with van der Waals surface area (Å²) in [6, 6.07) is 0. The maximum Gasteiger partial charge on any atom is 0.0901 e. The quantitative estimate of drug-likeness (QED) is 0.669. The van der Waals surface area contributed by atoms with Crippen molar-refractivity contribution in [3.8, 4) is 0 Å². The Balaban J connectivity index is 2.12. The van der Waals surface area contributed by atoms with Crippen molar-refractivity contribution in [1.29, 1.82) is 0 Å². The molecule has 1 saturated carbocycles. The van der Waals surface area contributed by atoms with Crippen LogP contribution >= 0.6 is 11.3 Å². The SMILES string of the molecule is [B]C1(c2ncc(C)s2)CCCCCCCC1. The number of aryl methyl sites for hydroxylation is 1. The Kier molecular flexibility index (Phi) is 4.07. The molecule has 2 rings (SSSR count). The van der Waals surface area contributed by atoms with E-state index in [4.69, 9.17) is 7.85 Å². The van der Waals surface area contributed by atoms with Crippen molar-refractivity contribution in [2.45, 2.75) is 63.6 Å². The number of hydrogen-bond acceptors (Lipinski definition) is 2. The molecule has 0 bridgehead atoms. The second-order valence-corrected chi connectivity index (χ2v) is 6.29. The number of aromatic nitrogens is 1. The Hall–Kier alpha value is -0.305. The van der Waals surface area contributed by atoms with Crippen LogP contribution in [0.25, 0.3) is 0 Å². The highest BCUT2D eigenvalue weighted by Crippen LogP contribution is 2.36. The van der Waals surface area contributed by atoms with Crippen LogP contribution in [0.1, 0.15) is 61.3 Å². The summed E-state index contributed by atoms with van der Waals surface area (Å²) in [5.41, 5.74) is 0. The van der Waals surface area contributed by atoms with Crippen LogP contribution in [0, 0.1) is 6.92 Å². The summed E-state index contributed by atoms with van der Waals surface area (Å²) < 4.78 is 0. The first-order chi connectivity index (χ1) is 7.71. The minimum Gasteiger partial charge on any atom is -0.250 e. The molecule has 3 heteroatoms. The standard InChI is InChI=1S/C13H20BNS/c1-11-10-15-12(16-11)13(14)8-6-4-2-3-5-7-9-13/h10H,2-9H2,1H3. The first-order valence-corrected chi connectivity index (χ1v) is 7.24. The molecule has 1 nitrogen and oxygen atoms in total. The zero-order valence-corrected chi connectivity index (χ0v) is 11.0. The molecular weight excluding hydrogens is 213 g/mol. The molecule has 0 unspecified atom stereocenters. The summed E-state index contributed by atoms with van der Waals surface area (Å²) in [5.74, 6) is 0. The lowest BCUT2D eigenvalue weighted by Gasteiger charge is -2.27. The monoisotopic (exact) mass is 233 g/mol. The largest absolute Gasteiger partial charge is 0.250 e. The van der Waals surface area contributed by atoms with Gasteiger partial charge in [-0.2, -0.15) is 0 Å².